The number of pyridine rings is 1. The van der Waals surface area contributed by atoms with E-state index in [0.717, 1.165) is 0 Å². The number of benzene rings is 1. The van der Waals surface area contributed by atoms with Crippen LogP contribution in [-0.2, 0) is 4.74 Å². The highest BCUT2D eigenvalue weighted by atomic mass is 35.5. The van der Waals surface area contributed by atoms with Gasteiger partial charge >= 0.3 is 5.97 Å². The molecule has 2 rings (SSSR count). The third kappa shape index (κ3) is 2.80. The lowest BCUT2D eigenvalue weighted by atomic mass is 10.3. The van der Waals surface area contributed by atoms with Gasteiger partial charge in [0.1, 0.15) is 0 Å². The molecular formula is C13H10ClFN2O3. The van der Waals surface area contributed by atoms with E-state index in [1.807, 2.05) is 0 Å². The fraction of sp³-hybridized carbons (Fsp3) is 0.0769. The van der Waals surface area contributed by atoms with Crippen LogP contribution in [0, 0.1) is 5.82 Å². The first-order chi connectivity index (χ1) is 9.52. The number of hydrogen-bond acceptors (Lipinski definition) is 5. The summed E-state index contributed by atoms with van der Waals surface area (Å²) in [6.45, 7) is 0. The predicted molar refractivity (Wildman–Crippen MR) is 71.5 cm³/mol. The van der Waals surface area contributed by atoms with Crippen molar-refractivity contribution in [1.29, 1.82) is 0 Å². The Labute approximate surface area is 119 Å². The molecule has 5 nitrogen and oxygen atoms in total. The number of anilines is 1. The first-order valence-corrected chi connectivity index (χ1v) is 5.87. The summed E-state index contributed by atoms with van der Waals surface area (Å²) in [6.07, 6.45) is 0. The molecule has 1 aromatic carbocycles. The summed E-state index contributed by atoms with van der Waals surface area (Å²) >= 11 is 5.64. The molecule has 1 aromatic heterocycles. The molecule has 0 radical (unpaired) electrons. The van der Waals surface area contributed by atoms with Crippen LogP contribution in [0.4, 0.5) is 10.1 Å². The Morgan fingerprint density at radius 1 is 1.35 bits per heavy atom. The third-order valence-corrected chi connectivity index (χ3v) is 2.70. The van der Waals surface area contributed by atoms with E-state index in [2.05, 4.69) is 9.72 Å². The Bertz CT molecular complexity index is 664. The molecule has 104 valence electrons. The number of nitrogens with two attached hydrogens (primary N) is 1. The van der Waals surface area contributed by atoms with Crippen LogP contribution in [0.25, 0.3) is 0 Å². The molecule has 0 spiro atoms. The van der Waals surface area contributed by atoms with Gasteiger partial charge in [-0.25, -0.2) is 14.2 Å². The monoisotopic (exact) mass is 296 g/mol. The van der Waals surface area contributed by atoms with Gasteiger partial charge in [0.05, 0.1) is 17.8 Å². The van der Waals surface area contributed by atoms with Crippen molar-refractivity contribution in [3.63, 3.8) is 0 Å². The molecule has 0 aliphatic carbocycles. The van der Waals surface area contributed by atoms with Gasteiger partial charge < -0.3 is 15.2 Å². The highest BCUT2D eigenvalue weighted by molar-refractivity contribution is 6.30. The van der Waals surface area contributed by atoms with Crippen molar-refractivity contribution >= 4 is 23.3 Å². The van der Waals surface area contributed by atoms with Crippen molar-refractivity contribution in [1.82, 2.24) is 4.98 Å². The Balaban J connectivity index is 2.38. The predicted octanol–water partition coefficient (Wildman–Crippen LogP) is 3.04. The summed E-state index contributed by atoms with van der Waals surface area (Å²) in [4.78, 5) is 15.3. The first kappa shape index (κ1) is 14.1. The number of nitrogens with zero attached hydrogens (tertiary/aromatic N) is 1. The average Bonchev–Trinajstić information content (AvgIpc) is 2.45. The molecule has 0 aliphatic rings. The molecule has 7 heteroatoms. The highest BCUT2D eigenvalue weighted by Crippen LogP contribution is 2.30. The number of aromatic nitrogens is 1. The maximum atomic E-state index is 13.7. The lowest BCUT2D eigenvalue weighted by Gasteiger charge is -2.09. The van der Waals surface area contributed by atoms with Crippen molar-refractivity contribution in [2.75, 3.05) is 12.8 Å². The number of hydrogen-bond donors (Lipinski definition) is 1. The minimum atomic E-state index is -0.737. The van der Waals surface area contributed by atoms with E-state index in [9.17, 15) is 9.18 Å². The van der Waals surface area contributed by atoms with E-state index in [4.69, 9.17) is 22.1 Å². The van der Waals surface area contributed by atoms with Crippen LogP contribution in [0.15, 0.2) is 30.3 Å². The molecule has 0 bridgehead atoms. The van der Waals surface area contributed by atoms with Gasteiger partial charge in [0.2, 0.25) is 5.88 Å². The third-order valence-electron chi connectivity index (χ3n) is 2.41. The van der Waals surface area contributed by atoms with E-state index in [1.54, 1.807) is 0 Å². The second-order valence-electron chi connectivity index (χ2n) is 3.74. The number of rotatable bonds is 3. The standard InChI is InChI=1S/C13H10ClFN2O3/c1-19-13(18)9-6-5-8(16)12(17-9)20-10-4-2-3-7(14)11(10)15/h2-6H,16H2,1H3. The summed E-state index contributed by atoms with van der Waals surface area (Å²) in [5.74, 6) is -1.63. The van der Waals surface area contributed by atoms with E-state index in [1.165, 1.54) is 37.4 Å². The first-order valence-electron chi connectivity index (χ1n) is 5.49. The second-order valence-corrected chi connectivity index (χ2v) is 4.14. The fourth-order valence-electron chi connectivity index (χ4n) is 1.42. The Kier molecular flexibility index (Phi) is 4.05. The maximum Gasteiger partial charge on any atom is 0.356 e. The number of methoxy groups -OCH3 is 1. The van der Waals surface area contributed by atoms with Gasteiger partial charge in [0.15, 0.2) is 17.3 Å². The minimum Gasteiger partial charge on any atom is -0.464 e. The van der Waals surface area contributed by atoms with Gasteiger partial charge in [0, 0.05) is 0 Å². The van der Waals surface area contributed by atoms with E-state index in [-0.39, 0.29) is 28.0 Å². The van der Waals surface area contributed by atoms with Gasteiger partial charge in [-0.15, -0.1) is 0 Å². The molecule has 0 unspecified atom stereocenters. The minimum absolute atomic E-state index is 0.000800. The zero-order valence-corrected chi connectivity index (χ0v) is 11.1. The summed E-state index contributed by atoms with van der Waals surface area (Å²) in [7, 11) is 1.22. The van der Waals surface area contributed by atoms with Crippen LogP contribution in [0.2, 0.25) is 5.02 Å². The number of esters is 1. The summed E-state index contributed by atoms with van der Waals surface area (Å²) in [6, 6.07) is 7.05. The largest absolute Gasteiger partial charge is 0.464 e. The molecule has 0 saturated heterocycles. The lowest BCUT2D eigenvalue weighted by molar-refractivity contribution is 0.0593. The van der Waals surface area contributed by atoms with Crippen LogP contribution in [0.1, 0.15) is 10.5 Å². The highest BCUT2D eigenvalue weighted by Gasteiger charge is 2.14. The molecule has 2 N–H and O–H groups in total. The average molecular weight is 297 g/mol. The normalized spacial score (nSPS) is 10.2. The van der Waals surface area contributed by atoms with Gasteiger partial charge in [-0.05, 0) is 24.3 Å². The van der Waals surface area contributed by atoms with Crippen molar-refractivity contribution in [3.05, 3.63) is 46.9 Å². The van der Waals surface area contributed by atoms with Crippen molar-refractivity contribution in [2.24, 2.45) is 0 Å². The van der Waals surface area contributed by atoms with Crippen LogP contribution < -0.4 is 10.5 Å². The van der Waals surface area contributed by atoms with E-state index in [0.29, 0.717) is 0 Å². The second kappa shape index (κ2) is 5.75. The molecule has 0 amide bonds. The zero-order valence-electron chi connectivity index (χ0n) is 10.4. The molecule has 1 heterocycles. The number of ether oxygens (including phenoxy) is 2. The molecule has 20 heavy (non-hydrogen) atoms. The van der Waals surface area contributed by atoms with Crippen molar-refractivity contribution in [2.45, 2.75) is 0 Å². The lowest BCUT2D eigenvalue weighted by Crippen LogP contribution is -2.06. The maximum absolute atomic E-state index is 13.7. The van der Waals surface area contributed by atoms with E-state index < -0.39 is 11.8 Å². The van der Waals surface area contributed by atoms with E-state index >= 15 is 0 Å². The van der Waals surface area contributed by atoms with Gasteiger partial charge in [0.25, 0.3) is 0 Å². The van der Waals surface area contributed by atoms with Gasteiger partial charge in [-0.2, -0.15) is 0 Å². The Hall–Kier alpha value is -2.34. The number of nitrogen functional groups attached to an aromatic ring is 1. The van der Waals surface area contributed by atoms with Gasteiger partial charge in [-0.3, -0.25) is 0 Å². The van der Waals surface area contributed by atoms with Gasteiger partial charge in [-0.1, -0.05) is 17.7 Å². The Morgan fingerprint density at radius 2 is 2.10 bits per heavy atom. The SMILES string of the molecule is COC(=O)c1ccc(N)c(Oc2cccc(Cl)c2F)n1. The summed E-state index contributed by atoms with van der Waals surface area (Å²) in [5.41, 5.74) is 5.82. The van der Waals surface area contributed by atoms with Crippen molar-refractivity contribution < 1.29 is 18.7 Å². The molecule has 0 saturated carbocycles. The summed E-state index contributed by atoms with van der Waals surface area (Å²) < 4.78 is 23.5. The molecule has 2 aromatic rings. The van der Waals surface area contributed by atoms with Crippen molar-refractivity contribution in [3.8, 4) is 11.6 Å². The van der Waals surface area contributed by atoms with Crippen LogP contribution in [0.5, 0.6) is 11.6 Å². The smallest absolute Gasteiger partial charge is 0.356 e. The zero-order chi connectivity index (χ0) is 14.7. The molecular weight excluding hydrogens is 287 g/mol. The topological polar surface area (TPSA) is 74.4 Å². The summed E-state index contributed by atoms with van der Waals surface area (Å²) in [5, 5.41) is -0.0924. The number of carbonyl (C=O) groups is 1. The van der Waals surface area contributed by atoms with Crippen LogP contribution >= 0.6 is 11.6 Å². The quantitative estimate of drug-likeness (QED) is 0.881. The molecule has 0 atom stereocenters. The number of carbonyl (C=O) groups excluding carboxylic acids is 1. The Morgan fingerprint density at radius 3 is 2.80 bits per heavy atom. The fourth-order valence-corrected chi connectivity index (χ4v) is 1.58. The molecule has 0 fully saturated rings. The molecule has 0 aliphatic heterocycles. The number of halogens is 2. The van der Waals surface area contributed by atoms with Crippen LogP contribution in [-0.4, -0.2) is 18.1 Å². The van der Waals surface area contributed by atoms with Crippen LogP contribution in [0.3, 0.4) is 0 Å².